The monoisotopic (exact) mass is 306 g/mol. The zero-order valence-electron chi connectivity index (χ0n) is 13.9. The van der Waals surface area contributed by atoms with E-state index in [0.717, 1.165) is 32.6 Å². The van der Waals surface area contributed by atoms with E-state index in [2.05, 4.69) is 23.5 Å². The minimum absolute atomic E-state index is 0.137. The van der Waals surface area contributed by atoms with Crippen molar-refractivity contribution >= 4 is 6.09 Å². The number of hydrogen-bond donors (Lipinski definition) is 1. The van der Waals surface area contributed by atoms with Gasteiger partial charge in [0.15, 0.2) is 0 Å². The number of carbonyl (C=O) groups excluding carboxylic acids is 1. The molecule has 1 aromatic heterocycles. The molecule has 1 spiro atoms. The lowest BCUT2D eigenvalue weighted by atomic mass is 9.70. The third-order valence-electron chi connectivity index (χ3n) is 4.62. The summed E-state index contributed by atoms with van der Waals surface area (Å²) >= 11 is 0. The first-order chi connectivity index (χ1) is 10.3. The maximum atomic E-state index is 12.2. The quantitative estimate of drug-likeness (QED) is 0.910. The second-order valence-corrected chi connectivity index (χ2v) is 7.46. The molecule has 1 aromatic rings. The van der Waals surface area contributed by atoms with Gasteiger partial charge in [-0.1, -0.05) is 0 Å². The fraction of sp³-hybridized carbons (Fsp3) is 0.750. The highest BCUT2D eigenvalue weighted by Crippen LogP contribution is 2.47. The molecule has 22 heavy (non-hydrogen) atoms. The summed E-state index contributed by atoms with van der Waals surface area (Å²) in [7, 11) is 0. The number of hydrogen-bond acceptors (Lipinski definition) is 4. The molecule has 2 saturated heterocycles. The van der Waals surface area contributed by atoms with Crippen molar-refractivity contribution in [2.75, 3.05) is 19.6 Å². The zero-order chi connectivity index (χ0) is 16.0. The van der Waals surface area contributed by atoms with E-state index in [4.69, 9.17) is 4.74 Å². The van der Waals surface area contributed by atoms with Crippen molar-refractivity contribution in [1.82, 2.24) is 20.0 Å². The first kappa shape index (κ1) is 15.3. The molecule has 3 rings (SSSR count). The molecule has 6 heteroatoms. The van der Waals surface area contributed by atoms with Crippen molar-refractivity contribution in [2.45, 2.75) is 52.3 Å². The maximum absolute atomic E-state index is 12.2. The smallest absolute Gasteiger partial charge is 0.410 e. The first-order valence-corrected chi connectivity index (χ1v) is 8.07. The van der Waals surface area contributed by atoms with Crippen LogP contribution in [0, 0.1) is 5.41 Å². The molecule has 0 aromatic carbocycles. The molecule has 6 nitrogen and oxygen atoms in total. The lowest BCUT2D eigenvalue weighted by Crippen LogP contribution is -2.57. The van der Waals surface area contributed by atoms with Gasteiger partial charge < -0.3 is 15.0 Å². The Kier molecular flexibility index (Phi) is 3.67. The van der Waals surface area contributed by atoms with Crippen LogP contribution in [0.4, 0.5) is 4.79 Å². The van der Waals surface area contributed by atoms with Crippen LogP contribution in [0.2, 0.25) is 0 Å². The van der Waals surface area contributed by atoms with Gasteiger partial charge in [-0.3, -0.25) is 4.68 Å². The minimum Gasteiger partial charge on any atom is -0.444 e. The van der Waals surface area contributed by atoms with Gasteiger partial charge in [0.1, 0.15) is 5.60 Å². The van der Waals surface area contributed by atoms with E-state index in [1.165, 1.54) is 5.56 Å². The van der Waals surface area contributed by atoms with E-state index >= 15 is 0 Å². The minimum atomic E-state index is -0.438. The average molecular weight is 306 g/mol. The maximum Gasteiger partial charge on any atom is 0.410 e. The van der Waals surface area contributed by atoms with E-state index in [1.807, 2.05) is 36.5 Å². The summed E-state index contributed by atoms with van der Waals surface area (Å²) < 4.78 is 7.44. The van der Waals surface area contributed by atoms with Crippen LogP contribution in [-0.4, -0.2) is 46.0 Å². The van der Waals surface area contributed by atoms with Crippen molar-refractivity contribution in [3.63, 3.8) is 0 Å². The predicted octanol–water partition coefficient (Wildman–Crippen LogP) is 2.17. The van der Waals surface area contributed by atoms with Crippen LogP contribution < -0.4 is 5.32 Å². The molecule has 2 aliphatic heterocycles. The van der Waals surface area contributed by atoms with Gasteiger partial charge in [-0.05, 0) is 34.1 Å². The number of aromatic nitrogens is 2. The molecule has 0 unspecified atom stereocenters. The van der Waals surface area contributed by atoms with Gasteiger partial charge >= 0.3 is 6.09 Å². The summed E-state index contributed by atoms with van der Waals surface area (Å²) in [4.78, 5) is 14.1. The molecule has 1 N–H and O–H groups in total. The molecular weight excluding hydrogens is 280 g/mol. The van der Waals surface area contributed by atoms with Gasteiger partial charge in [0, 0.05) is 49.4 Å². The summed E-state index contributed by atoms with van der Waals surface area (Å²) in [5.74, 6) is 0. The molecule has 0 saturated carbocycles. The number of aryl methyl sites for hydroxylation is 1. The summed E-state index contributed by atoms with van der Waals surface area (Å²) in [5, 5.41) is 7.87. The standard InChI is InChI=1S/C16H26N4O2/c1-5-20-9-12(8-18-20)13-16(10-17-13)6-7-19(11-16)14(21)22-15(2,3)4/h8-9,13,17H,5-7,10-11H2,1-4H3/t13-,16+/m1/s1. The molecule has 0 radical (unpaired) electrons. The molecule has 1 amide bonds. The summed E-state index contributed by atoms with van der Waals surface area (Å²) in [5.41, 5.74) is 0.921. The van der Waals surface area contributed by atoms with Crippen molar-refractivity contribution in [2.24, 2.45) is 5.41 Å². The fourth-order valence-electron chi connectivity index (χ4n) is 3.42. The third-order valence-corrected chi connectivity index (χ3v) is 4.62. The van der Waals surface area contributed by atoms with Crippen molar-refractivity contribution < 1.29 is 9.53 Å². The number of ether oxygens (including phenoxy) is 1. The topological polar surface area (TPSA) is 59.4 Å². The van der Waals surface area contributed by atoms with Crippen LogP contribution in [0.15, 0.2) is 12.4 Å². The van der Waals surface area contributed by atoms with Gasteiger partial charge in [-0.15, -0.1) is 0 Å². The van der Waals surface area contributed by atoms with E-state index in [0.29, 0.717) is 6.04 Å². The van der Waals surface area contributed by atoms with Gasteiger partial charge in [-0.2, -0.15) is 5.10 Å². The Labute approximate surface area is 131 Å². The SMILES string of the molecule is CCn1cc([C@H]2NC[C@]23CCN(C(=O)OC(C)(C)C)C3)cn1. The van der Waals surface area contributed by atoms with Gasteiger partial charge in [0.05, 0.1) is 6.20 Å². The van der Waals surface area contributed by atoms with E-state index in [9.17, 15) is 4.79 Å². The molecule has 122 valence electrons. The lowest BCUT2D eigenvalue weighted by molar-refractivity contribution is 0.0216. The van der Waals surface area contributed by atoms with E-state index in [1.54, 1.807) is 0 Å². The van der Waals surface area contributed by atoms with Crippen LogP contribution in [0.5, 0.6) is 0 Å². The van der Waals surface area contributed by atoms with Gasteiger partial charge in [0.2, 0.25) is 0 Å². The van der Waals surface area contributed by atoms with Crippen molar-refractivity contribution in [3.05, 3.63) is 18.0 Å². The van der Waals surface area contributed by atoms with Gasteiger partial charge in [0.25, 0.3) is 0 Å². The van der Waals surface area contributed by atoms with Gasteiger partial charge in [-0.25, -0.2) is 4.79 Å². The highest BCUT2D eigenvalue weighted by Gasteiger charge is 2.53. The molecular formula is C16H26N4O2. The molecule has 0 aliphatic carbocycles. The Morgan fingerprint density at radius 2 is 2.32 bits per heavy atom. The normalized spacial score (nSPS) is 28.0. The van der Waals surface area contributed by atoms with E-state index < -0.39 is 5.60 Å². The number of nitrogens with one attached hydrogen (secondary N) is 1. The van der Waals surface area contributed by atoms with Crippen LogP contribution in [0.3, 0.4) is 0 Å². The molecule has 2 fully saturated rings. The summed E-state index contributed by atoms with van der Waals surface area (Å²) in [6.07, 6.45) is 4.87. The third kappa shape index (κ3) is 2.72. The average Bonchev–Trinajstić information content (AvgIpc) is 3.03. The number of likely N-dealkylation sites (tertiary alicyclic amines) is 1. The van der Waals surface area contributed by atoms with Crippen molar-refractivity contribution in [3.8, 4) is 0 Å². The zero-order valence-corrected chi connectivity index (χ0v) is 13.9. The fourth-order valence-corrected chi connectivity index (χ4v) is 3.42. The van der Waals surface area contributed by atoms with Crippen LogP contribution in [-0.2, 0) is 11.3 Å². The number of carbonyl (C=O) groups is 1. The number of nitrogens with zero attached hydrogens (tertiary/aromatic N) is 3. The molecule has 3 heterocycles. The summed E-state index contributed by atoms with van der Waals surface area (Å²) in [6, 6.07) is 0.292. The highest BCUT2D eigenvalue weighted by molar-refractivity contribution is 5.68. The van der Waals surface area contributed by atoms with Crippen LogP contribution in [0.25, 0.3) is 0 Å². The van der Waals surface area contributed by atoms with E-state index in [-0.39, 0.29) is 11.5 Å². The molecule has 0 bridgehead atoms. The van der Waals surface area contributed by atoms with Crippen LogP contribution in [0.1, 0.15) is 45.7 Å². The predicted molar refractivity (Wildman–Crippen MR) is 83.5 cm³/mol. The Balaban J connectivity index is 1.67. The summed E-state index contributed by atoms with van der Waals surface area (Å²) in [6.45, 7) is 11.2. The van der Waals surface area contributed by atoms with Crippen LogP contribution >= 0.6 is 0 Å². The Bertz CT molecular complexity index is 563. The first-order valence-electron chi connectivity index (χ1n) is 8.07. The second-order valence-electron chi connectivity index (χ2n) is 7.46. The number of rotatable bonds is 2. The Morgan fingerprint density at radius 1 is 1.55 bits per heavy atom. The van der Waals surface area contributed by atoms with Crippen molar-refractivity contribution in [1.29, 1.82) is 0 Å². The largest absolute Gasteiger partial charge is 0.444 e. The molecule has 2 aliphatic rings. The highest BCUT2D eigenvalue weighted by atomic mass is 16.6. The number of amides is 1. The lowest BCUT2D eigenvalue weighted by Gasteiger charge is -2.47. The Morgan fingerprint density at radius 3 is 2.86 bits per heavy atom. The Hall–Kier alpha value is -1.56. The molecule has 2 atom stereocenters. The second kappa shape index (κ2) is 5.26.